The molecule has 0 unspecified atom stereocenters. The second-order valence-electron chi connectivity index (χ2n) is 4.48. The summed E-state index contributed by atoms with van der Waals surface area (Å²) in [5.41, 5.74) is 7.59. The molecule has 16 heavy (non-hydrogen) atoms. The van der Waals surface area contributed by atoms with Gasteiger partial charge in [0, 0.05) is 10.5 Å². The van der Waals surface area contributed by atoms with Crippen molar-refractivity contribution in [2.45, 2.75) is 38.1 Å². The van der Waals surface area contributed by atoms with Gasteiger partial charge >= 0.3 is 0 Å². The maximum atomic E-state index is 6.32. The second kappa shape index (κ2) is 6.63. The molecule has 1 aliphatic rings. The lowest BCUT2D eigenvalue weighted by atomic mass is 9.82. The number of benzene rings is 1. The normalized spacial score (nSPS) is 18.9. The van der Waals surface area contributed by atoms with Crippen molar-refractivity contribution in [2.75, 3.05) is 0 Å². The third-order valence-electron chi connectivity index (χ3n) is 3.39. The molecule has 1 atom stereocenters. The highest BCUT2D eigenvalue weighted by molar-refractivity contribution is 9.10. The average molecular weight is 305 g/mol. The van der Waals surface area contributed by atoms with E-state index in [1.54, 1.807) is 0 Å². The smallest absolute Gasteiger partial charge is 0.0323 e. The van der Waals surface area contributed by atoms with Crippen LogP contribution in [0.4, 0.5) is 0 Å². The molecule has 0 saturated heterocycles. The van der Waals surface area contributed by atoms with E-state index in [-0.39, 0.29) is 18.4 Å². The largest absolute Gasteiger partial charge is 0.324 e. The van der Waals surface area contributed by atoms with Crippen LogP contribution in [0.25, 0.3) is 0 Å². The van der Waals surface area contributed by atoms with E-state index in [1.165, 1.54) is 37.7 Å². The van der Waals surface area contributed by atoms with E-state index in [0.29, 0.717) is 5.92 Å². The third-order valence-corrected chi connectivity index (χ3v) is 3.88. The van der Waals surface area contributed by atoms with Crippen molar-refractivity contribution in [3.05, 3.63) is 34.3 Å². The molecule has 0 spiro atoms. The Morgan fingerprint density at radius 2 is 1.88 bits per heavy atom. The first-order chi connectivity index (χ1) is 7.27. The van der Waals surface area contributed by atoms with Gasteiger partial charge in [-0.25, -0.2) is 0 Å². The lowest BCUT2D eigenvalue weighted by Crippen LogP contribution is -2.23. The molecule has 0 bridgehead atoms. The molecule has 0 amide bonds. The Labute approximate surface area is 112 Å². The molecule has 1 aromatic carbocycles. The minimum atomic E-state index is 0. The Morgan fingerprint density at radius 1 is 1.19 bits per heavy atom. The van der Waals surface area contributed by atoms with Crippen LogP contribution in [-0.2, 0) is 0 Å². The van der Waals surface area contributed by atoms with Crippen molar-refractivity contribution in [3.63, 3.8) is 0 Å². The van der Waals surface area contributed by atoms with E-state index in [1.807, 2.05) is 0 Å². The summed E-state index contributed by atoms with van der Waals surface area (Å²) < 4.78 is 1.13. The van der Waals surface area contributed by atoms with E-state index in [9.17, 15) is 0 Å². The van der Waals surface area contributed by atoms with Gasteiger partial charge in [0.2, 0.25) is 0 Å². The minimum absolute atomic E-state index is 0. The summed E-state index contributed by atoms with van der Waals surface area (Å²) in [6.07, 6.45) is 6.70. The zero-order valence-corrected chi connectivity index (χ0v) is 11.8. The predicted molar refractivity (Wildman–Crippen MR) is 74.9 cm³/mol. The summed E-state index contributed by atoms with van der Waals surface area (Å²) >= 11 is 3.50. The summed E-state index contributed by atoms with van der Waals surface area (Å²) in [4.78, 5) is 0. The first kappa shape index (κ1) is 14.0. The molecule has 0 radical (unpaired) electrons. The number of hydrogen-bond acceptors (Lipinski definition) is 1. The van der Waals surface area contributed by atoms with Gasteiger partial charge in [0.1, 0.15) is 0 Å². The molecule has 0 heterocycles. The van der Waals surface area contributed by atoms with Gasteiger partial charge in [-0.15, -0.1) is 12.4 Å². The van der Waals surface area contributed by atoms with E-state index in [0.717, 1.165) is 4.47 Å². The van der Waals surface area contributed by atoms with Gasteiger partial charge in [-0.05, 0) is 36.5 Å². The molecule has 1 fully saturated rings. The van der Waals surface area contributed by atoms with Crippen molar-refractivity contribution < 1.29 is 0 Å². The fraction of sp³-hybridized carbons (Fsp3) is 0.538. The zero-order valence-electron chi connectivity index (χ0n) is 9.36. The summed E-state index contributed by atoms with van der Waals surface area (Å²) in [6.45, 7) is 0. The minimum Gasteiger partial charge on any atom is -0.324 e. The fourth-order valence-corrected chi connectivity index (χ4v) is 2.90. The Balaban J connectivity index is 0.00000128. The summed E-state index contributed by atoms with van der Waals surface area (Å²) in [5, 5.41) is 0. The van der Waals surface area contributed by atoms with Crippen LogP contribution in [0.2, 0.25) is 0 Å². The quantitative estimate of drug-likeness (QED) is 0.858. The summed E-state index contributed by atoms with van der Waals surface area (Å²) in [7, 11) is 0. The highest BCUT2D eigenvalue weighted by Crippen LogP contribution is 2.33. The van der Waals surface area contributed by atoms with Crippen LogP contribution in [0.1, 0.15) is 43.7 Å². The standard InChI is InChI=1S/C13H18BrN.ClH/c14-12-8-4-7-11(9-12)13(15)10-5-2-1-3-6-10;/h4,7-10,13H,1-3,5-6,15H2;1H/t13-;/m0./s1. The Bertz CT molecular complexity index is 323. The zero-order chi connectivity index (χ0) is 10.7. The van der Waals surface area contributed by atoms with Gasteiger partial charge < -0.3 is 5.73 Å². The average Bonchev–Trinajstić information content (AvgIpc) is 2.29. The maximum absolute atomic E-state index is 6.32. The Kier molecular flexibility index (Phi) is 5.81. The van der Waals surface area contributed by atoms with Crippen LogP contribution >= 0.6 is 28.3 Å². The third kappa shape index (κ3) is 3.47. The SMILES string of the molecule is Cl.N[C@H](c1cccc(Br)c1)C1CCCCC1. The molecule has 2 N–H and O–H groups in total. The predicted octanol–water partition coefficient (Wildman–Crippen LogP) is 4.45. The van der Waals surface area contributed by atoms with Gasteiger partial charge in [-0.3, -0.25) is 0 Å². The molecule has 0 aromatic heterocycles. The number of rotatable bonds is 2. The van der Waals surface area contributed by atoms with Crippen LogP contribution in [0, 0.1) is 5.92 Å². The van der Waals surface area contributed by atoms with Crippen LogP contribution in [0.15, 0.2) is 28.7 Å². The molecule has 90 valence electrons. The molecule has 0 aliphatic heterocycles. The van der Waals surface area contributed by atoms with Gasteiger partial charge in [-0.2, -0.15) is 0 Å². The highest BCUT2D eigenvalue weighted by atomic mass is 79.9. The topological polar surface area (TPSA) is 26.0 Å². The van der Waals surface area contributed by atoms with Crippen LogP contribution in [-0.4, -0.2) is 0 Å². The highest BCUT2D eigenvalue weighted by Gasteiger charge is 2.21. The maximum Gasteiger partial charge on any atom is 0.0323 e. The van der Waals surface area contributed by atoms with Gasteiger partial charge in [-0.1, -0.05) is 47.3 Å². The van der Waals surface area contributed by atoms with Crippen LogP contribution < -0.4 is 5.73 Å². The number of halogens is 2. The Morgan fingerprint density at radius 3 is 2.50 bits per heavy atom. The van der Waals surface area contributed by atoms with Crippen molar-refractivity contribution in [2.24, 2.45) is 11.7 Å². The van der Waals surface area contributed by atoms with E-state index < -0.39 is 0 Å². The number of hydrogen-bond donors (Lipinski definition) is 1. The first-order valence-electron chi connectivity index (χ1n) is 5.78. The fourth-order valence-electron chi connectivity index (χ4n) is 2.48. The van der Waals surface area contributed by atoms with Gasteiger partial charge in [0.05, 0.1) is 0 Å². The van der Waals surface area contributed by atoms with Crippen molar-refractivity contribution in [1.82, 2.24) is 0 Å². The van der Waals surface area contributed by atoms with E-state index in [2.05, 4.69) is 40.2 Å². The molecular formula is C13H19BrClN. The van der Waals surface area contributed by atoms with Gasteiger partial charge in [0.15, 0.2) is 0 Å². The molecule has 2 rings (SSSR count). The first-order valence-corrected chi connectivity index (χ1v) is 6.58. The van der Waals surface area contributed by atoms with Crippen molar-refractivity contribution >= 4 is 28.3 Å². The summed E-state index contributed by atoms with van der Waals surface area (Å²) in [6, 6.07) is 8.64. The molecule has 1 nitrogen and oxygen atoms in total. The monoisotopic (exact) mass is 303 g/mol. The van der Waals surface area contributed by atoms with Crippen molar-refractivity contribution in [3.8, 4) is 0 Å². The molecule has 3 heteroatoms. The molecule has 1 aliphatic carbocycles. The lowest BCUT2D eigenvalue weighted by molar-refractivity contribution is 0.308. The van der Waals surface area contributed by atoms with E-state index >= 15 is 0 Å². The lowest BCUT2D eigenvalue weighted by Gasteiger charge is -2.27. The molecule has 1 saturated carbocycles. The van der Waals surface area contributed by atoms with Crippen LogP contribution in [0.5, 0.6) is 0 Å². The molecule has 1 aromatic rings. The summed E-state index contributed by atoms with van der Waals surface area (Å²) in [5.74, 6) is 0.688. The Hall–Kier alpha value is -0.0500. The number of nitrogens with two attached hydrogens (primary N) is 1. The molecular weight excluding hydrogens is 286 g/mol. The second-order valence-corrected chi connectivity index (χ2v) is 5.39. The van der Waals surface area contributed by atoms with E-state index in [4.69, 9.17) is 5.73 Å². The van der Waals surface area contributed by atoms with Crippen LogP contribution in [0.3, 0.4) is 0 Å². The van der Waals surface area contributed by atoms with Gasteiger partial charge in [0.25, 0.3) is 0 Å². The van der Waals surface area contributed by atoms with Crippen molar-refractivity contribution in [1.29, 1.82) is 0 Å².